The highest BCUT2D eigenvalue weighted by atomic mass is 32.1. The van der Waals surface area contributed by atoms with E-state index in [0.717, 1.165) is 48.2 Å². The first-order chi connectivity index (χ1) is 14.5. The van der Waals surface area contributed by atoms with E-state index >= 15 is 0 Å². The lowest BCUT2D eigenvalue weighted by Gasteiger charge is -2.27. The predicted molar refractivity (Wildman–Crippen MR) is 120 cm³/mol. The zero-order valence-electron chi connectivity index (χ0n) is 17.7. The number of thiazole rings is 1. The largest absolute Gasteiger partial charge is 0.497 e. The van der Waals surface area contributed by atoms with E-state index < -0.39 is 0 Å². The minimum absolute atomic E-state index is 0.0472. The van der Waals surface area contributed by atoms with Gasteiger partial charge in [-0.15, -0.1) is 0 Å². The molecule has 6 nitrogen and oxygen atoms in total. The number of nitrogens with zero attached hydrogens (tertiary/aromatic N) is 2. The molecule has 4 rings (SSSR count). The van der Waals surface area contributed by atoms with Crippen LogP contribution in [0, 0.1) is 13.8 Å². The number of anilines is 1. The fourth-order valence-electron chi connectivity index (χ4n) is 3.66. The summed E-state index contributed by atoms with van der Waals surface area (Å²) in [6.07, 6.45) is 0. The number of quaternary nitrogens is 1. The minimum atomic E-state index is -0.0472. The molecule has 1 fully saturated rings. The van der Waals surface area contributed by atoms with Crippen LogP contribution in [0.4, 0.5) is 5.13 Å². The first-order valence-corrected chi connectivity index (χ1v) is 11.1. The molecule has 0 spiro atoms. The summed E-state index contributed by atoms with van der Waals surface area (Å²) in [6.45, 7) is 9.18. The third-order valence-corrected chi connectivity index (χ3v) is 6.72. The Morgan fingerprint density at radius 2 is 1.97 bits per heavy atom. The van der Waals surface area contributed by atoms with Crippen molar-refractivity contribution >= 4 is 32.6 Å². The van der Waals surface area contributed by atoms with Crippen molar-refractivity contribution in [1.82, 2.24) is 4.98 Å². The Balaban J connectivity index is 1.66. The van der Waals surface area contributed by atoms with Gasteiger partial charge in [0.05, 0.1) is 43.6 Å². The van der Waals surface area contributed by atoms with Crippen LogP contribution < -0.4 is 14.5 Å². The number of methoxy groups -OCH3 is 1. The van der Waals surface area contributed by atoms with Crippen molar-refractivity contribution in [3.8, 4) is 5.75 Å². The monoisotopic (exact) mass is 426 g/mol. The fourth-order valence-corrected chi connectivity index (χ4v) is 4.73. The van der Waals surface area contributed by atoms with Gasteiger partial charge >= 0.3 is 0 Å². The van der Waals surface area contributed by atoms with E-state index in [-0.39, 0.29) is 5.91 Å². The van der Waals surface area contributed by atoms with Crippen LogP contribution >= 0.6 is 11.3 Å². The number of aromatic nitrogens is 1. The zero-order valence-corrected chi connectivity index (χ0v) is 18.6. The number of hydrogen-bond donors (Lipinski definition) is 1. The molecule has 2 aromatic carbocycles. The highest BCUT2D eigenvalue weighted by Crippen LogP contribution is 2.31. The van der Waals surface area contributed by atoms with Gasteiger partial charge < -0.3 is 14.4 Å². The first kappa shape index (κ1) is 20.8. The highest BCUT2D eigenvalue weighted by Gasteiger charge is 2.24. The number of fused-ring (bicyclic) bond motifs is 1. The van der Waals surface area contributed by atoms with Crippen molar-refractivity contribution in [1.29, 1.82) is 0 Å². The molecule has 158 valence electrons. The summed E-state index contributed by atoms with van der Waals surface area (Å²) in [5, 5.41) is 0.746. The molecular formula is C23H28N3O3S+. The van der Waals surface area contributed by atoms with Gasteiger partial charge in [0.25, 0.3) is 5.91 Å². The Bertz CT molecular complexity index is 1000. The van der Waals surface area contributed by atoms with E-state index in [2.05, 4.69) is 26.0 Å². The first-order valence-electron chi connectivity index (χ1n) is 10.3. The van der Waals surface area contributed by atoms with Gasteiger partial charge in [-0.2, -0.15) is 0 Å². The molecule has 0 radical (unpaired) electrons. The van der Waals surface area contributed by atoms with Crippen LogP contribution in [-0.4, -0.2) is 57.4 Å². The van der Waals surface area contributed by atoms with E-state index in [9.17, 15) is 4.79 Å². The maximum Gasteiger partial charge on any atom is 0.260 e. The number of ether oxygens (including phenoxy) is 2. The number of nitrogens with one attached hydrogen (secondary N) is 1. The van der Waals surface area contributed by atoms with Gasteiger partial charge in [0.15, 0.2) is 5.13 Å². The Kier molecular flexibility index (Phi) is 6.32. The summed E-state index contributed by atoms with van der Waals surface area (Å²) in [4.78, 5) is 21.6. The molecule has 2 heterocycles. The number of carbonyl (C=O) groups is 1. The highest BCUT2D eigenvalue weighted by molar-refractivity contribution is 7.22. The van der Waals surface area contributed by atoms with E-state index in [1.54, 1.807) is 24.5 Å². The van der Waals surface area contributed by atoms with Gasteiger partial charge in [0, 0.05) is 5.56 Å². The minimum Gasteiger partial charge on any atom is -0.497 e. The summed E-state index contributed by atoms with van der Waals surface area (Å²) < 4.78 is 11.9. The second kappa shape index (κ2) is 9.12. The molecule has 3 aromatic rings. The zero-order chi connectivity index (χ0) is 21.1. The lowest BCUT2D eigenvalue weighted by Crippen LogP contribution is -3.14. The quantitative estimate of drug-likeness (QED) is 0.658. The van der Waals surface area contributed by atoms with E-state index in [1.165, 1.54) is 16.0 Å². The smallest absolute Gasteiger partial charge is 0.260 e. The molecule has 0 atom stereocenters. The topological polar surface area (TPSA) is 56.1 Å². The molecule has 0 bridgehead atoms. The maximum atomic E-state index is 13.5. The molecule has 0 aliphatic carbocycles. The summed E-state index contributed by atoms with van der Waals surface area (Å²) in [6, 6.07) is 11.6. The number of amides is 1. The van der Waals surface area contributed by atoms with Gasteiger partial charge in [0.1, 0.15) is 18.8 Å². The van der Waals surface area contributed by atoms with E-state index in [4.69, 9.17) is 14.5 Å². The fraction of sp³-hybridized carbons (Fsp3) is 0.391. The third-order valence-electron chi connectivity index (χ3n) is 5.67. The van der Waals surface area contributed by atoms with E-state index in [1.807, 2.05) is 23.1 Å². The molecular weight excluding hydrogens is 398 g/mol. The number of rotatable bonds is 6. The lowest BCUT2D eigenvalue weighted by atomic mass is 10.1. The summed E-state index contributed by atoms with van der Waals surface area (Å²) in [5.74, 6) is 0.629. The summed E-state index contributed by atoms with van der Waals surface area (Å²) in [7, 11) is 1.61. The number of hydrogen-bond acceptors (Lipinski definition) is 5. The van der Waals surface area contributed by atoms with Crippen LogP contribution in [0.1, 0.15) is 21.5 Å². The third kappa shape index (κ3) is 4.48. The van der Waals surface area contributed by atoms with Crippen LogP contribution in [0.2, 0.25) is 0 Å². The SMILES string of the molecule is COc1cccc(C(=O)N(CC[NH+]2CCOCC2)c2nc3cc(C)c(C)cc3s2)c1. The average molecular weight is 427 g/mol. The molecule has 0 saturated carbocycles. The Morgan fingerprint density at radius 3 is 2.73 bits per heavy atom. The summed E-state index contributed by atoms with van der Waals surface area (Å²) >= 11 is 1.58. The van der Waals surface area contributed by atoms with Crippen molar-refractivity contribution in [2.45, 2.75) is 13.8 Å². The van der Waals surface area contributed by atoms with E-state index in [0.29, 0.717) is 17.9 Å². The molecule has 7 heteroatoms. The Morgan fingerprint density at radius 1 is 1.20 bits per heavy atom. The van der Waals surface area contributed by atoms with Gasteiger partial charge in [0.2, 0.25) is 0 Å². The van der Waals surface area contributed by atoms with Crippen molar-refractivity contribution in [3.05, 3.63) is 53.1 Å². The second-order valence-corrected chi connectivity index (χ2v) is 8.71. The Hall–Kier alpha value is -2.48. The Labute approximate surface area is 181 Å². The van der Waals surface area contributed by atoms with Crippen LogP contribution in [-0.2, 0) is 4.74 Å². The van der Waals surface area contributed by atoms with Gasteiger partial charge in [-0.3, -0.25) is 9.69 Å². The maximum absolute atomic E-state index is 13.5. The van der Waals surface area contributed by atoms with Crippen LogP contribution in [0.5, 0.6) is 5.75 Å². The summed E-state index contributed by atoms with van der Waals surface area (Å²) in [5.41, 5.74) is 4.00. The predicted octanol–water partition coefficient (Wildman–Crippen LogP) is 2.48. The normalized spacial score (nSPS) is 14.8. The molecule has 1 N–H and O–H groups in total. The van der Waals surface area contributed by atoms with Crippen molar-refractivity contribution in [2.75, 3.05) is 51.4 Å². The molecule has 1 aliphatic heterocycles. The lowest BCUT2D eigenvalue weighted by molar-refractivity contribution is -0.906. The van der Waals surface area contributed by atoms with Gasteiger partial charge in [-0.1, -0.05) is 17.4 Å². The van der Waals surface area contributed by atoms with Gasteiger partial charge in [-0.25, -0.2) is 4.98 Å². The van der Waals surface area contributed by atoms with Crippen LogP contribution in [0.25, 0.3) is 10.2 Å². The molecule has 1 saturated heterocycles. The molecule has 0 unspecified atom stereocenters. The van der Waals surface area contributed by atoms with Crippen molar-refractivity contribution in [2.24, 2.45) is 0 Å². The number of carbonyl (C=O) groups excluding carboxylic acids is 1. The van der Waals surface area contributed by atoms with Crippen molar-refractivity contribution in [3.63, 3.8) is 0 Å². The standard InChI is InChI=1S/C23H27N3O3S/c1-16-13-20-21(14-17(16)2)30-23(24-20)26(8-7-25-9-11-29-12-10-25)22(27)18-5-4-6-19(15-18)28-3/h4-6,13-15H,7-12H2,1-3H3/p+1. The number of morpholine rings is 1. The molecule has 1 aromatic heterocycles. The van der Waals surface area contributed by atoms with Crippen LogP contribution in [0.3, 0.4) is 0 Å². The van der Waals surface area contributed by atoms with Crippen LogP contribution in [0.15, 0.2) is 36.4 Å². The number of benzene rings is 2. The average Bonchev–Trinajstić information content (AvgIpc) is 3.17. The molecule has 1 amide bonds. The van der Waals surface area contributed by atoms with Crippen molar-refractivity contribution < 1.29 is 19.2 Å². The molecule has 30 heavy (non-hydrogen) atoms. The number of aryl methyl sites for hydroxylation is 2. The second-order valence-electron chi connectivity index (χ2n) is 7.70. The van der Waals surface area contributed by atoms with Gasteiger partial charge in [-0.05, 0) is 55.3 Å². The molecule has 1 aliphatic rings.